The molecule has 0 aliphatic heterocycles. The quantitative estimate of drug-likeness (QED) is 0.621. The standard InChI is InChI=1S/C18H13ClF3N3O4/c19-12-5-1-10(2-6-12)16(27)23-14(9-26)15-24-17(29-25-15)11-3-7-13(8-4-11)28-18(20,21)22/h1-8,14,26H,9H2,(H,23,27)/t14-/m0/s1. The molecule has 0 aliphatic rings. The molecule has 0 radical (unpaired) electrons. The Balaban J connectivity index is 1.71. The number of aliphatic hydroxyl groups excluding tert-OH is 1. The van der Waals surface area contributed by atoms with Crippen LogP contribution in [0.3, 0.4) is 0 Å². The van der Waals surface area contributed by atoms with Gasteiger partial charge in [-0.2, -0.15) is 4.98 Å². The summed E-state index contributed by atoms with van der Waals surface area (Å²) in [6.07, 6.45) is -4.80. The van der Waals surface area contributed by atoms with Gasteiger partial charge in [0.15, 0.2) is 5.82 Å². The number of halogens is 4. The molecule has 0 spiro atoms. The molecular formula is C18H13ClF3N3O4. The first kappa shape index (κ1) is 20.6. The van der Waals surface area contributed by atoms with E-state index in [4.69, 9.17) is 16.1 Å². The summed E-state index contributed by atoms with van der Waals surface area (Å²) < 4.78 is 45.5. The van der Waals surface area contributed by atoms with Crippen LogP contribution in [0.4, 0.5) is 13.2 Å². The first-order valence-corrected chi connectivity index (χ1v) is 8.50. The predicted molar refractivity (Wildman–Crippen MR) is 95.2 cm³/mol. The topological polar surface area (TPSA) is 97.5 Å². The predicted octanol–water partition coefficient (Wildman–Crippen LogP) is 3.75. The van der Waals surface area contributed by atoms with Crippen LogP contribution in [0.5, 0.6) is 5.75 Å². The van der Waals surface area contributed by atoms with Gasteiger partial charge in [-0.25, -0.2) is 0 Å². The second kappa shape index (κ2) is 8.50. The monoisotopic (exact) mass is 427 g/mol. The molecule has 1 aromatic heterocycles. The third kappa shape index (κ3) is 5.46. The number of amides is 1. The van der Waals surface area contributed by atoms with Crippen LogP contribution in [0, 0.1) is 0 Å². The van der Waals surface area contributed by atoms with Crippen LogP contribution in [0.1, 0.15) is 22.2 Å². The molecule has 0 saturated carbocycles. The smallest absolute Gasteiger partial charge is 0.406 e. The molecule has 3 rings (SSSR count). The molecule has 0 fully saturated rings. The number of carbonyl (C=O) groups is 1. The van der Waals surface area contributed by atoms with Crippen LogP contribution in [0.25, 0.3) is 11.5 Å². The summed E-state index contributed by atoms with van der Waals surface area (Å²) in [6, 6.07) is 9.96. The van der Waals surface area contributed by atoms with Crippen LogP contribution in [0.15, 0.2) is 53.1 Å². The summed E-state index contributed by atoms with van der Waals surface area (Å²) in [5, 5.41) is 16.3. The summed E-state index contributed by atoms with van der Waals surface area (Å²) in [6.45, 7) is -0.503. The number of rotatable bonds is 6. The van der Waals surface area contributed by atoms with Crippen LogP contribution in [-0.2, 0) is 0 Å². The van der Waals surface area contributed by atoms with Crippen molar-refractivity contribution in [2.75, 3.05) is 6.61 Å². The number of aromatic nitrogens is 2. The first-order chi connectivity index (χ1) is 13.7. The third-order valence-electron chi connectivity index (χ3n) is 3.68. The Labute approximate surface area is 167 Å². The highest BCUT2D eigenvalue weighted by molar-refractivity contribution is 6.30. The van der Waals surface area contributed by atoms with Crippen molar-refractivity contribution < 1.29 is 32.3 Å². The number of carbonyl (C=O) groups excluding carboxylic acids is 1. The molecule has 2 aromatic carbocycles. The highest BCUT2D eigenvalue weighted by Gasteiger charge is 2.31. The molecule has 0 saturated heterocycles. The molecule has 29 heavy (non-hydrogen) atoms. The summed E-state index contributed by atoms with van der Waals surface area (Å²) in [5.41, 5.74) is 0.649. The Bertz CT molecular complexity index is 975. The van der Waals surface area contributed by atoms with Crippen LogP contribution < -0.4 is 10.1 Å². The number of nitrogens with zero attached hydrogens (tertiary/aromatic N) is 2. The van der Waals surface area contributed by atoms with Crippen molar-refractivity contribution in [2.45, 2.75) is 12.4 Å². The minimum atomic E-state index is -4.80. The maximum atomic E-state index is 12.3. The zero-order valence-electron chi connectivity index (χ0n) is 14.5. The second-order valence-corrected chi connectivity index (χ2v) is 6.18. The zero-order chi connectivity index (χ0) is 21.0. The van der Waals surface area contributed by atoms with Crippen molar-refractivity contribution in [3.05, 3.63) is 64.9 Å². The molecule has 7 nitrogen and oxygen atoms in total. The van der Waals surface area contributed by atoms with Gasteiger partial charge in [0.05, 0.1) is 6.61 Å². The Morgan fingerprint density at radius 3 is 2.41 bits per heavy atom. The Morgan fingerprint density at radius 2 is 1.83 bits per heavy atom. The van der Waals surface area contributed by atoms with Gasteiger partial charge in [0.1, 0.15) is 11.8 Å². The van der Waals surface area contributed by atoms with E-state index in [9.17, 15) is 23.1 Å². The molecule has 0 unspecified atom stereocenters. The van der Waals surface area contributed by atoms with E-state index in [1.54, 1.807) is 12.1 Å². The van der Waals surface area contributed by atoms with Gasteiger partial charge in [0, 0.05) is 16.1 Å². The van der Waals surface area contributed by atoms with Crippen molar-refractivity contribution >= 4 is 17.5 Å². The Hall–Kier alpha value is -3.11. The fourth-order valence-corrected chi connectivity index (χ4v) is 2.45. The van der Waals surface area contributed by atoms with Crippen LogP contribution in [-0.4, -0.2) is 34.1 Å². The highest BCUT2D eigenvalue weighted by Crippen LogP contribution is 2.26. The van der Waals surface area contributed by atoms with E-state index in [1.807, 2.05) is 0 Å². The first-order valence-electron chi connectivity index (χ1n) is 8.12. The Morgan fingerprint density at radius 1 is 1.17 bits per heavy atom. The molecule has 11 heteroatoms. The van der Waals surface area contributed by atoms with Gasteiger partial charge in [-0.15, -0.1) is 13.2 Å². The van der Waals surface area contributed by atoms with E-state index < -0.39 is 30.7 Å². The highest BCUT2D eigenvalue weighted by atomic mass is 35.5. The summed E-state index contributed by atoms with van der Waals surface area (Å²) in [4.78, 5) is 16.3. The van der Waals surface area contributed by atoms with Gasteiger partial charge in [-0.3, -0.25) is 4.79 Å². The summed E-state index contributed by atoms with van der Waals surface area (Å²) in [5.74, 6) is -0.886. The number of benzene rings is 2. The van der Waals surface area contributed by atoms with E-state index >= 15 is 0 Å². The SMILES string of the molecule is O=C(N[C@@H](CO)c1noc(-c2ccc(OC(F)(F)F)cc2)n1)c1ccc(Cl)cc1. The fraction of sp³-hybridized carbons (Fsp3) is 0.167. The number of alkyl halides is 3. The van der Waals surface area contributed by atoms with Crippen molar-refractivity contribution in [1.29, 1.82) is 0 Å². The third-order valence-corrected chi connectivity index (χ3v) is 3.93. The van der Waals surface area contributed by atoms with E-state index in [1.165, 1.54) is 24.3 Å². The van der Waals surface area contributed by atoms with Crippen molar-refractivity contribution in [3.63, 3.8) is 0 Å². The molecule has 1 heterocycles. The van der Waals surface area contributed by atoms with Crippen molar-refractivity contribution in [2.24, 2.45) is 0 Å². The van der Waals surface area contributed by atoms with E-state index in [-0.39, 0.29) is 11.7 Å². The van der Waals surface area contributed by atoms with E-state index in [0.717, 1.165) is 12.1 Å². The summed E-state index contributed by atoms with van der Waals surface area (Å²) in [7, 11) is 0. The molecule has 1 amide bonds. The molecule has 0 bridgehead atoms. The lowest BCUT2D eigenvalue weighted by molar-refractivity contribution is -0.274. The lowest BCUT2D eigenvalue weighted by atomic mass is 10.2. The van der Waals surface area contributed by atoms with E-state index in [2.05, 4.69) is 20.2 Å². The molecule has 152 valence electrons. The van der Waals surface area contributed by atoms with Crippen molar-refractivity contribution in [3.8, 4) is 17.2 Å². The molecule has 0 aliphatic carbocycles. The maximum Gasteiger partial charge on any atom is 0.573 e. The molecule has 3 aromatic rings. The number of nitrogens with one attached hydrogen (secondary N) is 1. The lowest BCUT2D eigenvalue weighted by Gasteiger charge is -2.12. The maximum absolute atomic E-state index is 12.3. The minimum absolute atomic E-state index is 0.000400. The molecule has 1 atom stereocenters. The molecular weight excluding hydrogens is 415 g/mol. The van der Waals surface area contributed by atoms with Gasteiger partial charge < -0.3 is 19.7 Å². The van der Waals surface area contributed by atoms with E-state index in [0.29, 0.717) is 16.1 Å². The average Bonchev–Trinajstić information content (AvgIpc) is 3.15. The van der Waals surface area contributed by atoms with Crippen molar-refractivity contribution in [1.82, 2.24) is 15.5 Å². The zero-order valence-corrected chi connectivity index (χ0v) is 15.2. The minimum Gasteiger partial charge on any atom is -0.406 e. The van der Waals surface area contributed by atoms with Gasteiger partial charge in [-0.05, 0) is 48.5 Å². The largest absolute Gasteiger partial charge is 0.573 e. The fourth-order valence-electron chi connectivity index (χ4n) is 2.33. The van der Waals surface area contributed by atoms with Gasteiger partial charge in [-0.1, -0.05) is 16.8 Å². The van der Waals surface area contributed by atoms with Gasteiger partial charge in [0.2, 0.25) is 0 Å². The average molecular weight is 428 g/mol. The van der Waals surface area contributed by atoms with Gasteiger partial charge >= 0.3 is 6.36 Å². The number of hydrogen-bond donors (Lipinski definition) is 2. The summed E-state index contributed by atoms with van der Waals surface area (Å²) >= 11 is 5.78. The lowest BCUT2D eigenvalue weighted by Crippen LogP contribution is -2.31. The Kier molecular flexibility index (Phi) is 6.04. The van der Waals surface area contributed by atoms with Crippen LogP contribution in [0.2, 0.25) is 5.02 Å². The second-order valence-electron chi connectivity index (χ2n) is 5.75. The van der Waals surface area contributed by atoms with Gasteiger partial charge in [0.25, 0.3) is 11.8 Å². The number of aliphatic hydroxyl groups is 1. The number of ether oxygens (including phenoxy) is 1. The molecule has 2 N–H and O–H groups in total. The number of hydrogen-bond acceptors (Lipinski definition) is 6. The normalized spacial score (nSPS) is 12.4. The van der Waals surface area contributed by atoms with Crippen LogP contribution >= 0.6 is 11.6 Å².